The molecule has 33 heavy (non-hydrogen) atoms. The van der Waals surface area contributed by atoms with E-state index in [0.717, 1.165) is 21.1 Å². The molecule has 2 aliphatic rings. The van der Waals surface area contributed by atoms with E-state index in [0.29, 0.717) is 27.3 Å². The number of imide groups is 2. The Balaban J connectivity index is 1.18. The molecule has 0 saturated heterocycles. The fraction of sp³-hybridized carbons (Fsp3) is 0.136. The van der Waals surface area contributed by atoms with Crippen molar-refractivity contribution >= 4 is 46.0 Å². The summed E-state index contributed by atoms with van der Waals surface area (Å²) < 4.78 is 0. The Morgan fingerprint density at radius 3 is 1.76 bits per heavy atom. The third kappa shape index (κ3) is 3.57. The molecule has 0 bridgehead atoms. The maximum absolute atomic E-state index is 12.5. The lowest BCUT2D eigenvalue weighted by atomic mass is 10.1. The fourth-order valence-electron chi connectivity index (χ4n) is 3.72. The Morgan fingerprint density at radius 2 is 1.24 bits per heavy atom. The molecule has 10 nitrogen and oxygen atoms in total. The van der Waals surface area contributed by atoms with Gasteiger partial charge < -0.3 is 5.32 Å². The highest BCUT2D eigenvalue weighted by atomic mass is 32.1. The third-order valence-corrected chi connectivity index (χ3v) is 6.15. The molecule has 0 spiro atoms. The van der Waals surface area contributed by atoms with Crippen LogP contribution in [0.5, 0.6) is 0 Å². The van der Waals surface area contributed by atoms with Crippen molar-refractivity contribution in [3.63, 3.8) is 0 Å². The predicted octanol–water partition coefficient (Wildman–Crippen LogP) is 1.96. The normalized spacial score (nSPS) is 14.7. The zero-order chi connectivity index (χ0) is 23.1. The molecule has 0 saturated carbocycles. The van der Waals surface area contributed by atoms with Crippen LogP contribution < -0.4 is 5.32 Å². The second-order valence-electron chi connectivity index (χ2n) is 7.35. The number of nitrogens with zero attached hydrogens (tertiary/aromatic N) is 4. The van der Waals surface area contributed by atoms with Gasteiger partial charge in [-0.25, -0.2) is 0 Å². The third-order valence-electron chi connectivity index (χ3n) is 5.33. The Hall–Kier alpha value is -4.25. The van der Waals surface area contributed by atoms with Gasteiger partial charge in [0.2, 0.25) is 11.0 Å². The summed E-state index contributed by atoms with van der Waals surface area (Å²) in [5.74, 6) is -2.12. The maximum atomic E-state index is 12.5. The van der Waals surface area contributed by atoms with Crippen LogP contribution in [0.25, 0.3) is 0 Å². The largest absolute Gasteiger partial charge is 0.300 e. The van der Waals surface area contributed by atoms with Gasteiger partial charge in [0, 0.05) is 13.0 Å². The first-order valence-corrected chi connectivity index (χ1v) is 10.8. The summed E-state index contributed by atoms with van der Waals surface area (Å²) in [7, 11) is 0. The van der Waals surface area contributed by atoms with Crippen molar-refractivity contribution in [3.05, 3.63) is 75.8 Å². The highest BCUT2D eigenvalue weighted by Gasteiger charge is 2.36. The second kappa shape index (κ2) is 8.02. The van der Waals surface area contributed by atoms with Crippen LogP contribution in [0.15, 0.2) is 48.5 Å². The minimum Gasteiger partial charge on any atom is -0.300 e. The Labute approximate surface area is 190 Å². The molecule has 0 radical (unpaired) electrons. The second-order valence-corrected chi connectivity index (χ2v) is 8.41. The molecule has 11 heteroatoms. The number of hydrogen-bond acceptors (Lipinski definition) is 8. The smallest absolute Gasteiger partial charge is 0.261 e. The van der Waals surface area contributed by atoms with Crippen LogP contribution in [0.4, 0.5) is 5.13 Å². The fourth-order valence-corrected chi connectivity index (χ4v) is 4.47. The molecule has 0 aliphatic carbocycles. The SMILES string of the molecule is O=C(CCN1C(=O)c2ccccc2C1=O)Nc1nnc(CN2C(=O)c3ccccc3C2=O)s1. The van der Waals surface area contributed by atoms with Crippen LogP contribution >= 0.6 is 11.3 Å². The van der Waals surface area contributed by atoms with E-state index in [1.807, 2.05) is 0 Å². The van der Waals surface area contributed by atoms with Crippen LogP contribution in [-0.2, 0) is 11.3 Å². The summed E-state index contributed by atoms with van der Waals surface area (Å²) in [4.78, 5) is 64.1. The van der Waals surface area contributed by atoms with Gasteiger partial charge in [-0.3, -0.25) is 33.8 Å². The molecule has 2 aromatic carbocycles. The van der Waals surface area contributed by atoms with Crippen LogP contribution in [-0.4, -0.2) is 56.1 Å². The topological polar surface area (TPSA) is 130 Å². The number of fused-ring (bicyclic) bond motifs is 2. The van der Waals surface area contributed by atoms with Crippen molar-refractivity contribution in [1.29, 1.82) is 0 Å². The average Bonchev–Trinajstić information content (AvgIpc) is 3.44. The molecule has 1 N–H and O–H groups in total. The van der Waals surface area contributed by atoms with E-state index in [-0.39, 0.29) is 24.6 Å². The maximum Gasteiger partial charge on any atom is 0.261 e. The van der Waals surface area contributed by atoms with E-state index in [9.17, 15) is 24.0 Å². The van der Waals surface area contributed by atoms with Gasteiger partial charge in [-0.1, -0.05) is 35.6 Å². The zero-order valence-electron chi connectivity index (χ0n) is 17.0. The zero-order valence-corrected chi connectivity index (χ0v) is 17.8. The van der Waals surface area contributed by atoms with Crippen molar-refractivity contribution < 1.29 is 24.0 Å². The lowest BCUT2D eigenvalue weighted by Crippen LogP contribution is -2.32. The van der Waals surface area contributed by atoms with Gasteiger partial charge in [-0.2, -0.15) is 0 Å². The number of benzene rings is 2. The molecule has 1 aromatic heterocycles. The quantitative estimate of drug-likeness (QED) is 0.556. The highest BCUT2D eigenvalue weighted by molar-refractivity contribution is 7.15. The molecule has 0 unspecified atom stereocenters. The van der Waals surface area contributed by atoms with Gasteiger partial charge in [0.25, 0.3) is 23.6 Å². The Morgan fingerprint density at radius 1 is 0.758 bits per heavy atom. The minimum absolute atomic E-state index is 0.0606. The molecular formula is C22H15N5O5S. The Kier molecular flexibility index (Phi) is 5.02. The van der Waals surface area contributed by atoms with Gasteiger partial charge in [-0.05, 0) is 24.3 Å². The summed E-state index contributed by atoms with van der Waals surface area (Å²) >= 11 is 1.03. The van der Waals surface area contributed by atoms with Gasteiger partial charge in [0.05, 0.1) is 28.8 Å². The summed E-state index contributed by atoms with van der Waals surface area (Å²) in [6.07, 6.45) is -0.112. The van der Waals surface area contributed by atoms with Crippen LogP contribution in [0.1, 0.15) is 52.9 Å². The van der Waals surface area contributed by atoms with Crippen LogP contribution in [0.3, 0.4) is 0 Å². The minimum atomic E-state index is -0.449. The molecule has 0 fully saturated rings. The molecule has 3 heterocycles. The molecule has 164 valence electrons. The lowest BCUT2D eigenvalue weighted by molar-refractivity contribution is -0.116. The first-order valence-electron chi connectivity index (χ1n) is 9.96. The van der Waals surface area contributed by atoms with E-state index in [1.54, 1.807) is 48.5 Å². The number of anilines is 1. The van der Waals surface area contributed by atoms with Crippen molar-refractivity contribution in [2.24, 2.45) is 0 Å². The molecular weight excluding hydrogens is 446 g/mol. The summed E-state index contributed by atoms with van der Waals surface area (Å²) in [6, 6.07) is 13.1. The average molecular weight is 461 g/mol. The van der Waals surface area contributed by atoms with Crippen molar-refractivity contribution in [2.75, 3.05) is 11.9 Å². The van der Waals surface area contributed by atoms with Crippen molar-refractivity contribution in [3.8, 4) is 0 Å². The van der Waals surface area contributed by atoms with Crippen molar-refractivity contribution in [2.45, 2.75) is 13.0 Å². The Bertz CT molecular complexity index is 1280. The molecule has 5 amide bonds. The van der Waals surface area contributed by atoms with Crippen LogP contribution in [0.2, 0.25) is 0 Å². The number of carbonyl (C=O) groups is 5. The van der Waals surface area contributed by atoms with Gasteiger partial charge >= 0.3 is 0 Å². The van der Waals surface area contributed by atoms with Gasteiger partial charge in [0.1, 0.15) is 5.01 Å². The number of carbonyl (C=O) groups excluding carboxylic acids is 5. The summed E-state index contributed by atoms with van der Waals surface area (Å²) in [6.45, 7) is -0.131. The number of aromatic nitrogens is 2. The molecule has 2 aliphatic heterocycles. The molecule has 0 atom stereocenters. The number of rotatable bonds is 6. The van der Waals surface area contributed by atoms with E-state index >= 15 is 0 Å². The van der Waals surface area contributed by atoms with E-state index in [2.05, 4.69) is 15.5 Å². The van der Waals surface area contributed by atoms with Crippen LogP contribution in [0, 0.1) is 0 Å². The standard InChI is InChI=1S/C22H15N5O5S/c28-16(9-10-26-18(29)12-5-1-2-6-13(12)19(26)30)23-22-25-24-17(33-22)11-27-20(31)14-7-3-4-8-15(14)21(27)32/h1-8H,9-11H2,(H,23,25,28). The highest BCUT2D eigenvalue weighted by Crippen LogP contribution is 2.26. The first kappa shape index (κ1) is 20.6. The van der Waals surface area contributed by atoms with E-state index < -0.39 is 29.5 Å². The molecule has 3 aromatic rings. The van der Waals surface area contributed by atoms with Crippen molar-refractivity contribution in [1.82, 2.24) is 20.0 Å². The summed E-state index contributed by atoms with van der Waals surface area (Å²) in [5, 5.41) is 11.0. The van der Waals surface area contributed by atoms with Gasteiger partial charge in [0.15, 0.2) is 0 Å². The number of amides is 5. The first-order chi connectivity index (χ1) is 15.9. The van der Waals surface area contributed by atoms with Gasteiger partial charge in [-0.15, -0.1) is 10.2 Å². The number of nitrogens with one attached hydrogen (secondary N) is 1. The van der Waals surface area contributed by atoms with E-state index in [4.69, 9.17) is 0 Å². The molecule has 5 rings (SSSR count). The summed E-state index contributed by atoms with van der Waals surface area (Å²) in [5.41, 5.74) is 1.33. The van der Waals surface area contributed by atoms with E-state index in [1.165, 1.54) is 0 Å². The monoisotopic (exact) mass is 461 g/mol. The predicted molar refractivity (Wildman–Crippen MR) is 116 cm³/mol. The number of hydrogen-bond donors (Lipinski definition) is 1. The lowest BCUT2D eigenvalue weighted by Gasteiger charge is -2.12.